The molecule has 0 rings (SSSR count). The van der Waals surface area contributed by atoms with Crippen LogP contribution >= 0.6 is 15.6 Å². The van der Waals surface area contributed by atoms with Gasteiger partial charge in [-0.15, -0.1) is 0 Å². The highest BCUT2D eigenvalue weighted by molar-refractivity contribution is 7.47. The number of aliphatic hydroxyl groups is 1. The largest absolute Gasteiger partial charge is 0.472 e. The van der Waals surface area contributed by atoms with Crippen molar-refractivity contribution in [2.45, 2.75) is 458 Å². The lowest BCUT2D eigenvalue weighted by Gasteiger charge is -2.21. The summed E-state index contributed by atoms with van der Waals surface area (Å²) in [6.07, 6.45) is 63.8. The highest BCUT2D eigenvalue weighted by Crippen LogP contribution is 2.45. The van der Waals surface area contributed by atoms with Crippen molar-refractivity contribution in [2.75, 3.05) is 39.6 Å². The van der Waals surface area contributed by atoms with E-state index in [1.807, 2.05) is 0 Å². The molecule has 17 nitrogen and oxygen atoms in total. The Morgan fingerprint density at radius 3 is 0.660 bits per heavy atom. The second kappa shape index (κ2) is 74.2. The molecule has 0 aliphatic carbocycles. The average Bonchev–Trinajstić information content (AvgIpc) is 0.905. The molecule has 612 valence electrons. The number of phosphoric ester groups is 2. The number of rotatable bonds is 82. The number of carbonyl (C=O) groups excluding carboxylic acids is 4. The van der Waals surface area contributed by atoms with Gasteiger partial charge >= 0.3 is 39.5 Å². The zero-order valence-electron chi connectivity index (χ0n) is 67.8. The minimum atomic E-state index is -4.96. The molecule has 0 aliphatic rings. The Kier molecular flexibility index (Phi) is 72.8. The van der Waals surface area contributed by atoms with Gasteiger partial charge in [0.05, 0.1) is 26.4 Å². The van der Waals surface area contributed by atoms with Crippen molar-refractivity contribution in [1.82, 2.24) is 0 Å². The van der Waals surface area contributed by atoms with Crippen molar-refractivity contribution >= 4 is 39.5 Å². The van der Waals surface area contributed by atoms with Crippen molar-refractivity contribution in [1.29, 1.82) is 0 Å². The summed E-state index contributed by atoms with van der Waals surface area (Å²) in [4.78, 5) is 73.2. The first-order chi connectivity index (χ1) is 49.7. The minimum Gasteiger partial charge on any atom is -0.462 e. The second-order valence-electron chi connectivity index (χ2n) is 31.6. The van der Waals surface area contributed by atoms with Crippen LogP contribution in [0.4, 0.5) is 0 Å². The molecule has 0 aromatic heterocycles. The Morgan fingerprint density at radius 1 is 0.262 bits per heavy atom. The highest BCUT2D eigenvalue weighted by atomic mass is 31.2. The van der Waals surface area contributed by atoms with Crippen LogP contribution < -0.4 is 0 Å². The zero-order chi connectivity index (χ0) is 75.8. The summed E-state index contributed by atoms with van der Waals surface area (Å²) >= 11 is 0. The molecule has 0 spiro atoms. The molecule has 0 saturated heterocycles. The normalized spacial score (nSPS) is 13.9. The van der Waals surface area contributed by atoms with E-state index in [2.05, 4.69) is 48.5 Å². The summed E-state index contributed by atoms with van der Waals surface area (Å²) in [5.41, 5.74) is 0. The molecule has 5 atom stereocenters. The number of esters is 4. The first-order valence-electron chi connectivity index (χ1n) is 43.3. The number of hydrogen-bond acceptors (Lipinski definition) is 15. The second-order valence-corrected chi connectivity index (χ2v) is 34.6. The van der Waals surface area contributed by atoms with Gasteiger partial charge in [0.15, 0.2) is 12.2 Å². The van der Waals surface area contributed by atoms with E-state index in [9.17, 15) is 43.2 Å². The lowest BCUT2D eigenvalue weighted by Crippen LogP contribution is -2.30. The summed E-state index contributed by atoms with van der Waals surface area (Å²) < 4.78 is 68.9. The van der Waals surface area contributed by atoms with E-state index in [1.165, 1.54) is 250 Å². The fraction of sp³-hybridized carbons (Fsp3) is 0.952. The lowest BCUT2D eigenvalue weighted by atomic mass is 10.0. The Hall–Kier alpha value is -1.94. The molecule has 103 heavy (non-hydrogen) atoms. The van der Waals surface area contributed by atoms with Crippen molar-refractivity contribution in [2.24, 2.45) is 17.8 Å². The van der Waals surface area contributed by atoms with E-state index >= 15 is 0 Å². The van der Waals surface area contributed by atoms with Crippen LogP contribution in [0.1, 0.15) is 440 Å². The van der Waals surface area contributed by atoms with Gasteiger partial charge in [-0.3, -0.25) is 37.3 Å². The zero-order valence-corrected chi connectivity index (χ0v) is 69.6. The van der Waals surface area contributed by atoms with Gasteiger partial charge in [0.2, 0.25) is 0 Å². The van der Waals surface area contributed by atoms with Crippen molar-refractivity contribution in [3.05, 3.63) is 0 Å². The molecule has 0 amide bonds. The summed E-state index contributed by atoms with van der Waals surface area (Å²) in [5, 5.41) is 10.7. The van der Waals surface area contributed by atoms with Crippen LogP contribution in [0, 0.1) is 17.8 Å². The molecular formula is C84H164O17P2. The van der Waals surface area contributed by atoms with Gasteiger partial charge in [0, 0.05) is 25.7 Å². The third-order valence-electron chi connectivity index (χ3n) is 19.6. The number of phosphoric acid groups is 2. The quantitative estimate of drug-likeness (QED) is 0.0222. The van der Waals surface area contributed by atoms with Gasteiger partial charge < -0.3 is 33.8 Å². The van der Waals surface area contributed by atoms with Gasteiger partial charge in [-0.1, -0.05) is 389 Å². The van der Waals surface area contributed by atoms with Crippen LogP contribution in [0.2, 0.25) is 0 Å². The van der Waals surface area contributed by atoms with Gasteiger partial charge in [0.1, 0.15) is 19.3 Å². The van der Waals surface area contributed by atoms with Crippen molar-refractivity contribution in [3.8, 4) is 0 Å². The summed E-state index contributed by atoms with van der Waals surface area (Å²) in [7, 11) is -9.93. The summed E-state index contributed by atoms with van der Waals surface area (Å²) in [6, 6.07) is 0. The van der Waals surface area contributed by atoms with Crippen molar-refractivity contribution < 1.29 is 80.2 Å². The molecule has 0 aliphatic heterocycles. The van der Waals surface area contributed by atoms with Crippen molar-refractivity contribution in [3.63, 3.8) is 0 Å². The number of aliphatic hydroxyl groups excluding tert-OH is 1. The molecule has 3 N–H and O–H groups in total. The van der Waals surface area contributed by atoms with Gasteiger partial charge in [-0.25, -0.2) is 9.13 Å². The monoisotopic (exact) mass is 1510 g/mol. The van der Waals surface area contributed by atoms with Crippen LogP contribution in [0.25, 0.3) is 0 Å². The van der Waals surface area contributed by atoms with E-state index in [0.717, 1.165) is 108 Å². The fourth-order valence-corrected chi connectivity index (χ4v) is 14.6. The standard InChI is InChI=1S/C84H164O17P2/c1-8-9-10-11-12-13-14-15-16-17-21-24-30-37-44-51-58-65-81(86)94-71-79(100-83(88)67-60-53-46-38-31-25-22-19-18-20-23-28-34-41-48-55-62-75(2)3)73-98-102(90,91)96-69-78(85)70-97-103(92,93)99-74-80(72-95-82(87)66-59-52-45-40-33-36-43-50-57-64-77(6)7)101-84(89)68-61-54-47-39-32-27-26-29-35-42-49-56-63-76(4)5/h75-80,85H,8-74H2,1-7H3,(H,90,91)(H,92,93)/t78-,79-,80-/m1/s1. The molecule has 19 heteroatoms. The molecular weight excluding hydrogens is 1340 g/mol. The predicted molar refractivity (Wildman–Crippen MR) is 423 cm³/mol. The number of unbranched alkanes of at least 4 members (excludes halogenated alkanes) is 50. The Labute approximate surface area is 632 Å². The Balaban J connectivity index is 5.26. The lowest BCUT2D eigenvalue weighted by molar-refractivity contribution is -0.161. The minimum absolute atomic E-state index is 0.107. The fourth-order valence-electron chi connectivity index (χ4n) is 13.0. The summed E-state index contributed by atoms with van der Waals surface area (Å²) in [6.45, 7) is 12.0. The van der Waals surface area contributed by atoms with Gasteiger partial charge in [0.25, 0.3) is 0 Å². The first-order valence-corrected chi connectivity index (χ1v) is 46.3. The molecule has 0 heterocycles. The van der Waals surface area contributed by atoms with Crippen LogP contribution in [-0.2, 0) is 65.4 Å². The number of hydrogen-bond donors (Lipinski definition) is 3. The van der Waals surface area contributed by atoms with Crippen LogP contribution in [0.15, 0.2) is 0 Å². The third kappa shape index (κ3) is 78.0. The Morgan fingerprint density at radius 2 is 0.447 bits per heavy atom. The van der Waals surface area contributed by atoms with Crippen LogP contribution in [0.3, 0.4) is 0 Å². The van der Waals surface area contributed by atoms with Gasteiger partial charge in [-0.05, 0) is 43.4 Å². The number of carbonyl (C=O) groups is 4. The Bertz CT molecular complexity index is 1990. The summed E-state index contributed by atoms with van der Waals surface area (Å²) in [5.74, 6) is 0.224. The van der Waals surface area contributed by atoms with Gasteiger partial charge in [-0.2, -0.15) is 0 Å². The average molecular weight is 1510 g/mol. The van der Waals surface area contributed by atoms with Crippen LogP contribution in [-0.4, -0.2) is 96.7 Å². The molecule has 0 aromatic carbocycles. The molecule has 0 bridgehead atoms. The van der Waals surface area contributed by atoms with E-state index in [0.29, 0.717) is 25.7 Å². The molecule has 0 aromatic rings. The van der Waals surface area contributed by atoms with E-state index in [4.69, 9.17) is 37.0 Å². The molecule has 2 unspecified atom stereocenters. The predicted octanol–water partition coefficient (Wildman–Crippen LogP) is 25.3. The van der Waals surface area contributed by atoms with E-state index in [-0.39, 0.29) is 25.7 Å². The molecule has 0 saturated carbocycles. The smallest absolute Gasteiger partial charge is 0.462 e. The van der Waals surface area contributed by atoms with E-state index < -0.39 is 97.5 Å². The SMILES string of the molecule is CCCCCCCCCCCCCCCCCCCC(=O)OC[C@H](COP(=O)(O)OC[C@@H](O)COP(=O)(O)OC[C@@H](COC(=O)CCCCCCCCCCCC(C)C)OC(=O)CCCCCCCCCCCCCCC(C)C)OC(=O)CCCCCCCCCCCCCCCCCCC(C)C. The maximum atomic E-state index is 13.1. The number of ether oxygens (including phenoxy) is 4. The van der Waals surface area contributed by atoms with E-state index in [1.54, 1.807) is 0 Å². The maximum Gasteiger partial charge on any atom is 0.472 e. The topological polar surface area (TPSA) is 237 Å². The molecule has 0 radical (unpaired) electrons. The van der Waals surface area contributed by atoms with Crippen LogP contribution in [0.5, 0.6) is 0 Å². The highest BCUT2D eigenvalue weighted by Gasteiger charge is 2.30. The molecule has 0 fully saturated rings. The third-order valence-corrected chi connectivity index (χ3v) is 21.5. The first kappa shape index (κ1) is 101. The maximum absolute atomic E-state index is 13.1.